The summed E-state index contributed by atoms with van der Waals surface area (Å²) in [4.78, 5) is 21.3. The van der Waals surface area contributed by atoms with Crippen molar-refractivity contribution in [2.45, 2.75) is 33.7 Å². The van der Waals surface area contributed by atoms with Crippen molar-refractivity contribution < 1.29 is 4.52 Å². The first-order valence-electron chi connectivity index (χ1n) is 8.99. The smallest absolute Gasteiger partial charge is 0.272 e. The number of aromatic nitrogens is 4. The second-order valence-corrected chi connectivity index (χ2v) is 6.65. The first-order valence-corrected chi connectivity index (χ1v) is 8.99. The molecule has 0 N–H and O–H groups in total. The van der Waals surface area contributed by atoms with Crippen LogP contribution in [0.15, 0.2) is 51.8 Å². The summed E-state index contributed by atoms with van der Waals surface area (Å²) < 4.78 is 7.20. The Kier molecular flexibility index (Phi) is 4.32. The standard InChI is InChI=1S/C21H20N4O2/c1-4-11-25-18-10-9-16(12-17(18)22-14(3)21(25)26)19-23-20(27-24-19)15-7-5-13(2)6-8-15/h5-10,12H,4,11H2,1-3H3. The average Bonchev–Trinajstić information content (AvgIpc) is 3.16. The Labute approximate surface area is 156 Å². The number of hydrogen-bond donors (Lipinski definition) is 0. The fourth-order valence-electron chi connectivity index (χ4n) is 3.11. The minimum atomic E-state index is -0.0432. The number of fused-ring (bicyclic) bond motifs is 1. The van der Waals surface area contributed by atoms with E-state index >= 15 is 0 Å². The first-order chi connectivity index (χ1) is 13.1. The lowest BCUT2D eigenvalue weighted by Gasteiger charge is -2.10. The zero-order valence-corrected chi connectivity index (χ0v) is 15.6. The summed E-state index contributed by atoms with van der Waals surface area (Å²) in [6.45, 7) is 6.49. The molecule has 6 heteroatoms. The van der Waals surface area contributed by atoms with Gasteiger partial charge >= 0.3 is 0 Å². The largest absolute Gasteiger partial charge is 0.334 e. The average molecular weight is 360 g/mol. The molecular weight excluding hydrogens is 340 g/mol. The molecule has 0 saturated carbocycles. The van der Waals surface area contributed by atoms with Crippen LogP contribution >= 0.6 is 0 Å². The molecule has 0 fully saturated rings. The quantitative estimate of drug-likeness (QED) is 0.547. The Balaban J connectivity index is 1.78. The maximum absolute atomic E-state index is 12.4. The van der Waals surface area contributed by atoms with Gasteiger partial charge in [0, 0.05) is 17.7 Å². The Hall–Kier alpha value is -3.28. The molecule has 2 aromatic heterocycles. The Bertz CT molecular complexity index is 1170. The van der Waals surface area contributed by atoms with Crippen molar-refractivity contribution in [3.63, 3.8) is 0 Å². The first kappa shape index (κ1) is 17.1. The maximum atomic E-state index is 12.4. The van der Waals surface area contributed by atoms with Crippen LogP contribution in [0.5, 0.6) is 0 Å². The predicted molar refractivity (Wildman–Crippen MR) is 104 cm³/mol. The molecular formula is C21H20N4O2. The van der Waals surface area contributed by atoms with Crippen molar-refractivity contribution >= 4 is 11.0 Å². The van der Waals surface area contributed by atoms with Crippen molar-refractivity contribution in [1.29, 1.82) is 0 Å². The van der Waals surface area contributed by atoms with Gasteiger partial charge in [0.15, 0.2) is 0 Å². The van der Waals surface area contributed by atoms with Crippen molar-refractivity contribution in [3.8, 4) is 22.8 Å². The van der Waals surface area contributed by atoms with Crippen molar-refractivity contribution in [2.75, 3.05) is 0 Å². The monoisotopic (exact) mass is 360 g/mol. The van der Waals surface area contributed by atoms with E-state index < -0.39 is 0 Å². The molecule has 0 spiro atoms. The minimum absolute atomic E-state index is 0.0432. The van der Waals surface area contributed by atoms with E-state index in [1.54, 1.807) is 11.5 Å². The van der Waals surface area contributed by atoms with Crippen LogP contribution in [-0.4, -0.2) is 19.7 Å². The van der Waals surface area contributed by atoms with Crippen molar-refractivity contribution in [3.05, 3.63) is 64.1 Å². The van der Waals surface area contributed by atoms with Crippen LogP contribution in [0, 0.1) is 13.8 Å². The highest BCUT2D eigenvalue weighted by molar-refractivity contribution is 5.80. The fraction of sp³-hybridized carbons (Fsp3) is 0.238. The van der Waals surface area contributed by atoms with Gasteiger partial charge in [0.05, 0.1) is 11.0 Å². The summed E-state index contributed by atoms with van der Waals surface area (Å²) in [7, 11) is 0. The topological polar surface area (TPSA) is 73.8 Å². The minimum Gasteiger partial charge on any atom is -0.334 e. The van der Waals surface area contributed by atoms with E-state index in [0.29, 0.717) is 24.0 Å². The molecule has 4 rings (SSSR count). The Morgan fingerprint density at radius 1 is 1.00 bits per heavy atom. The van der Waals surface area contributed by atoms with Crippen LogP contribution < -0.4 is 5.56 Å². The molecule has 0 amide bonds. The molecule has 0 saturated heterocycles. The molecule has 0 aliphatic rings. The lowest BCUT2D eigenvalue weighted by atomic mass is 10.1. The van der Waals surface area contributed by atoms with Gasteiger partial charge < -0.3 is 9.09 Å². The van der Waals surface area contributed by atoms with Gasteiger partial charge in [0.1, 0.15) is 5.69 Å². The van der Waals surface area contributed by atoms with E-state index in [1.807, 2.05) is 56.3 Å². The van der Waals surface area contributed by atoms with Gasteiger partial charge in [-0.25, -0.2) is 4.98 Å². The van der Waals surface area contributed by atoms with E-state index in [1.165, 1.54) is 5.56 Å². The van der Waals surface area contributed by atoms with Gasteiger partial charge in [-0.05, 0) is 50.6 Å². The summed E-state index contributed by atoms with van der Waals surface area (Å²) in [5.41, 5.74) is 4.87. The molecule has 0 radical (unpaired) electrons. The molecule has 0 aliphatic carbocycles. The van der Waals surface area contributed by atoms with E-state index in [0.717, 1.165) is 28.6 Å². The third kappa shape index (κ3) is 3.14. The normalized spacial score (nSPS) is 11.2. The van der Waals surface area contributed by atoms with Crippen molar-refractivity contribution in [1.82, 2.24) is 19.7 Å². The van der Waals surface area contributed by atoms with Crippen LogP contribution in [0.2, 0.25) is 0 Å². The van der Waals surface area contributed by atoms with E-state index in [2.05, 4.69) is 15.1 Å². The van der Waals surface area contributed by atoms with E-state index in [4.69, 9.17) is 4.52 Å². The summed E-state index contributed by atoms with van der Waals surface area (Å²) in [5, 5.41) is 4.11. The SMILES string of the molecule is CCCn1c(=O)c(C)nc2cc(-c3noc(-c4ccc(C)cc4)n3)ccc21. The highest BCUT2D eigenvalue weighted by Crippen LogP contribution is 2.24. The van der Waals surface area contributed by atoms with Crippen LogP contribution in [0.25, 0.3) is 33.9 Å². The number of nitrogens with zero attached hydrogens (tertiary/aromatic N) is 4. The predicted octanol–water partition coefficient (Wildman–Crippen LogP) is 4.14. The van der Waals surface area contributed by atoms with Gasteiger partial charge in [-0.15, -0.1) is 0 Å². The Morgan fingerprint density at radius 2 is 1.74 bits per heavy atom. The molecule has 2 heterocycles. The lowest BCUT2D eigenvalue weighted by molar-refractivity contribution is 0.432. The molecule has 0 bridgehead atoms. The molecule has 0 atom stereocenters. The second-order valence-electron chi connectivity index (χ2n) is 6.65. The summed E-state index contributed by atoms with van der Waals surface area (Å²) in [6, 6.07) is 13.6. The lowest BCUT2D eigenvalue weighted by Crippen LogP contribution is -2.24. The van der Waals surface area contributed by atoms with Crippen LogP contribution in [-0.2, 0) is 6.54 Å². The van der Waals surface area contributed by atoms with Gasteiger partial charge in [-0.2, -0.15) is 4.98 Å². The third-order valence-electron chi connectivity index (χ3n) is 4.54. The molecule has 136 valence electrons. The molecule has 0 unspecified atom stereocenters. The van der Waals surface area contributed by atoms with Crippen LogP contribution in [0.1, 0.15) is 24.6 Å². The molecule has 6 nitrogen and oxygen atoms in total. The van der Waals surface area contributed by atoms with Crippen LogP contribution in [0.4, 0.5) is 0 Å². The third-order valence-corrected chi connectivity index (χ3v) is 4.54. The number of hydrogen-bond acceptors (Lipinski definition) is 5. The zero-order valence-electron chi connectivity index (χ0n) is 15.6. The van der Waals surface area contributed by atoms with E-state index in [-0.39, 0.29) is 5.56 Å². The highest BCUT2D eigenvalue weighted by atomic mass is 16.5. The molecule has 0 aliphatic heterocycles. The second kappa shape index (κ2) is 6.79. The summed E-state index contributed by atoms with van der Waals surface area (Å²) in [6.07, 6.45) is 0.880. The number of aryl methyl sites for hydroxylation is 3. The molecule has 2 aromatic carbocycles. The van der Waals surface area contributed by atoms with Gasteiger partial charge in [-0.3, -0.25) is 4.79 Å². The molecule has 4 aromatic rings. The summed E-state index contributed by atoms with van der Waals surface area (Å²) >= 11 is 0. The molecule has 27 heavy (non-hydrogen) atoms. The maximum Gasteiger partial charge on any atom is 0.272 e. The van der Waals surface area contributed by atoms with Gasteiger partial charge in [0.25, 0.3) is 11.4 Å². The fourth-order valence-corrected chi connectivity index (χ4v) is 3.11. The zero-order chi connectivity index (χ0) is 19.0. The Morgan fingerprint density at radius 3 is 2.48 bits per heavy atom. The number of benzene rings is 2. The van der Waals surface area contributed by atoms with Crippen LogP contribution in [0.3, 0.4) is 0 Å². The van der Waals surface area contributed by atoms with Gasteiger partial charge in [-0.1, -0.05) is 29.8 Å². The number of rotatable bonds is 4. The van der Waals surface area contributed by atoms with E-state index in [9.17, 15) is 4.79 Å². The summed E-state index contributed by atoms with van der Waals surface area (Å²) in [5.74, 6) is 0.977. The van der Waals surface area contributed by atoms with Crippen molar-refractivity contribution in [2.24, 2.45) is 0 Å². The van der Waals surface area contributed by atoms with Gasteiger partial charge in [0.2, 0.25) is 5.82 Å². The highest BCUT2D eigenvalue weighted by Gasteiger charge is 2.13.